The molecule has 16 heavy (non-hydrogen) atoms. The van der Waals surface area contributed by atoms with Crippen LogP contribution in [0.4, 0.5) is 0 Å². The minimum absolute atomic E-state index is 0.410. The van der Waals surface area contributed by atoms with E-state index in [4.69, 9.17) is 0 Å². The van der Waals surface area contributed by atoms with E-state index in [0.29, 0.717) is 17.9 Å². The molecule has 0 spiro atoms. The van der Waals surface area contributed by atoms with Gasteiger partial charge in [0.05, 0.1) is 0 Å². The Bertz CT molecular complexity index is 276. The van der Waals surface area contributed by atoms with E-state index in [1.54, 1.807) is 0 Å². The Hall–Kier alpha value is -0.570. The maximum Gasteiger partial charge on any atom is 0.226 e. The number of piperazine rings is 1. The first-order valence-electron chi connectivity index (χ1n) is 6.79. The number of fused-ring (bicyclic) bond motifs is 1. The molecule has 0 aromatic rings. The number of nitrogens with one attached hydrogen (secondary N) is 1. The quantitative estimate of drug-likeness (QED) is 0.724. The third-order valence-electron chi connectivity index (χ3n) is 4.62. The molecule has 0 radical (unpaired) electrons. The molecule has 3 fully saturated rings. The van der Waals surface area contributed by atoms with Gasteiger partial charge in [-0.05, 0) is 31.6 Å². The predicted molar refractivity (Wildman–Crippen MR) is 63.0 cm³/mol. The molecule has 1 N–H and O–H groups in total. The molecule has 1 heterocycles. The lowest BCUT2D eigenvalue weighted by atomic mass is 10.0. The van der Waals surface area contributed by atoms with Gasteiger partial charge in [0.15, 0.2) is 0 Å². The van der Waals surface area contributed by atoms with Crippen LogP contribution in [0.15, 0.2) is 0 Å². The van der Waals surface area contributed by atoms with E-state index in [-0.39, 0.29) is 0 Å². The zero-order chi connectivity index (χ0) is 11.1. The summed E-state index contributed by atoms with van der Waals surface area (Å²) in [5, 5.41) is 3.39. The van der Waals surface area contributed by atoms with Crippen LogP contribution in [0.1, 0.15) is 32.6 Å². The molecule has 3 aliphatic rings. The zero-order valence-electron chi connectivity index (χ0n) is 10.1. The van der Waals surface area contributed by atoms with Gasteiger partial charge in [-0.1, -0.05) is 12.8 Å². The van der Waals surface area contributed by atoms with Crippen LogP contribution in [-0.4, -0.2) is 36.5 Å². The van der Waals surface area contributed by atoms with Crippen molar-refractivity contribution in [2.75, 3.05) is 19.6 Å². The van der Waals surface area contributed by atoms with E-state index < -0.39 is 0 Å². The van der Waals surface area contributed by atoms with E-state index in [1.807, 2.05) is 0 Å². The van der Waals surface area contributed by atoms with Gasteiger partial charge in [-0.25, -0.2) is 0 Å². The molecular weight excluding hydrogens is 200 g/mol. The number of nitrogens with zero attached hydrogens (tertiary/aromatic N) is 1. The average Bonchev–Trinajstić information content (AvgIpc) is 3.02. The second kappa shape index (κ2) is 4.02. The first-order chi connectivity index (χ1) is 7.77. The molecule has 3 unspecified atom stereocenters. The lowest BCUT2D eigenvalue weighted by Gasteiger charge is -2.32. The van der Waals surface area contributed by atoms with E-state index in [0.717, 1.165) is 31.5 Å². The van der Waals surface area contributed by atoms with Crippen LogP contribution in [0.5, 0.6) is 0 Å². The Morgan fingerprint density at radius 3 is 2.56 bits per heavy atom. The minimum Gasteiger partial charge on any atom is -0.340 e. The number of carbonyl (C=O) groups is 1. The molecule has 1 amide bonds. The highest BCUT2D eigenvalue weighted by Gasteiger charge is 2.55. The fraction of sp³-hybridized carbons (Fsp3) is 0.923. The van der Waals surface area contributed by atoms with Crippen molar-refractivity contribution in [2.24, 2.45) is 17.8 Å². The number of amides is 1. The SMILES string of the molecule is CC1CN(C(=O)C2C3CCCCC32)CCN1. The maximum atomic E-state index is 12.4. The van der Waals surface area contributed by atoms with Gasteiger partial charge >= 0.3 is 0 Å². The van der Waals surface area contributed by atoms with Gasteiger partial charge in [-0.3, -0.25) is 4.79 Å². The van der Waals surface area contributed by atoms with Crippen molar-refractivity contribution in [3.63, 3.8) is 0 Å². The second-order valence-electron chi connectivity index (χ2n) is 5.78. The van der Waals surface area contributed by atoms with E-state index >= 15 is 0 Å². The van der Waals surface area contributed by atoms with Gasteiger partial charge in [-0.15, -0.1) is 0 Å². The molecule has 1 saturated heterocycles. The highest BCUT2D eigenvalue weighted by atomic mass is 16.2. The van der Waals surface area contributed by atoms with Crippen molar-refractivity contribution < 1.29 is 4.79 Å². The summed E-state index contributed by atoms with van der Waals surface area (Å²) in [6.45, 7) is 4.96. The molecule has 2 saturated carbocycles. The van der Waals surface area contributed by atoms with Crippen molar-refractivity contribution in [1.82, 2.24) is 10.2 Å². The van der Waals surface area contributed by atoms with Crippen molar-refractivity contribution >= 4 is 5.91 Å². The van der Waals surface area contributed by atoms with Crippen LogP contribution in [0.3, 0.4) is 0 Å². The van der Waals surface area contributed by atoms with Crippen LogP contribution in [0.25, 0.3) is 0 Å². The molecule has 90 valence electrons. The number of rotatable bonds is 1. The van der Waals surface area contributed by atoms with Crippen LogP contribution in [0, 0.1) is 17.8 Å². The summed E-state index contributed by atoms with van der Waals surface area (Å²) in [6, 6.07) is 0.471. The summed E-state index contributed by atoms with van der Waals surface area (Å²) in [5.41, 5.74) is 0. The van der Waals surface area contributed by atoms with Crippen LogP contribution in [-0.2, 0) is 4.79 Å². The Morgan fingerprint density at radius 1 is 1.25 bits per heavy atom. The van der Waals surface area contributed by atoms with Gasteiger partial charge in [0.2, 0.25) is 5.91 Å². The van der Waals surface area contributed by atoms with Gasteiger partial charge in [0.1, 0.15) is 0 Å². The Balaban J connectivity index is 1.61. The van der Waals surface area contributed by atoms with Gasteiger partial charge in [0.25, 0.3) is 0 Å². The second-order valence-corrected chi connectivity index (χ2v) is 5.78. The molecule has 3 atom stereocenters. The summed E-state index contributed by atoms with van der Waals surface area (Å²) in [6.07, 6.45) is 5.32. The molecule has 3 heteroatoms. The van der Waals surface area contributed by atoms with Crippen molar-refractivity contribution in [2.45, 2.75) is 38.6 Å². The van der Waals surface area contributed by atoms with Crippen LogP contribution in [0.2, 0.25) is 0 Å². The van der Waals surface area contributed by atoms with E-state index in [2.05, 4.69) is 17.1 Å². The number of carbonyl (C=O) groups excluding carboxylic acids is 1. The predicted octanol–water partition coefficient (Wildman–Crippen LogP) is 1.24. The van der Waals surface area contributed by atoms with Crippen molar-refractivity contribution in [3.8, 4) is 0 Å². The normalized spacial score (nSPS) is 42.7. The third-order valence-corrected chi connectivity index (χ3v) is 4.62. The van der Waals surface area contributed by atoms with Crippen LogP contribution < -0.4 is 5.32 Å². The molecule has 3 rings (SSSR count). The monoisotopic (exact) mass is 222 g/mol. The molecule has 0 aromatic carbocycles. The molecule has 1 aliphatic heterocycles. The van der Waals surface area contributed by atoms with Crippen molar-refractivity contribution in [1.29, 1.82) is 0 Å². The first kappa shape index (κ1) is 10.6. The molecule has 2 aliphatic carbocycles. The Labute approximate surface area is 97.6 Å². The molecule has 0 bridgehead atoms. The van der Waals surface area contributed by atoms with E-state index in [9.17, 15) is 4.79 Å². The largest absolute Gasteiger partial charge is 0.340 e. The molecular formula is C13H22N2O. The fourth-order valence-corrected chi connectivity index (χ4v) is 3.70. The summed E-state index contributed by atoms with van der Waals surface area (Å²) in [5.74, 6) is 2.39. The summed E-state index contributed by atoms with van der Waals surface area (Å²) < 4.78 is 0. The number of hydrogen-bond acceptors (Lipinski definition) is 2. The standard InChI is InChI=1S/C13H22N2O/c1-9-8-15(7-6-14-9)13(16)12-10-4-2-3-5-11(10)12/h9-12,14H,2-8H2,1H3. The third kappa shape index (κ3) is 1.75. The summed E-state index contributed by atoms with van der Waals surface area (Å²) >= 11 is 0. The maximum absolute atomic E-state index is 12.4. The summed E-state index contributed by atoms with van der Waals surface area (Å²) in [4.78, 5) is 14.5. The molecule has 3 nitrogen and oxygen atoms in total. The zero-order valence-corrected chi connectivity index (χ0v) is 10.1. The summed E-state index contributed by atoms with van der Waals surface area (Å²) in [7, 11) is 0. The van der Waals surface area contributed by atoms with E-state index in [1.165, 1.54) is 25.7 Å². The first-order valence-corrected chi connectivity index (χ1v) is 6.79. The lowest BCUT2D eigenvalue weighted by Crippen LogP contribution is -2.52. The average molecular weight is 222 g/mol. The van der Waals surface area contributed by atoms with Gasteiger partial charge in [0, 0.05) is 31.6 Å². The van der Waals surface area contributed by atoms with Gasteiger partial charge in [-0.2, -0.15) is 0 Å². The fourth-order valence-electron chi connectivity index (χ4n) is 3.70. The topological polar surface area (TPSA) is 32.3 Å². The number of hydrogen-bond donors (Lipinski definition) is 1. The van der Waals surface area contributed by atoms with Crippen molar-refractivity contribution in [3.05, 3.63) is 0 Å². The minimum atomic E-state index is 0.410. The highest BCUT2D eigenvalue weighted by molar-refractivity contribution is 5.82. The Kier molecular flexibility index (Phi) is 2.66. The Morgan fingerprint density at radius 2 is 1.94 bits per heavy atom. The lowest BCUT2D eigenvalue weighted by molar-refractivity contribution is -0.134. The van der Waals surface area contributed by atoms with Gasteiger partial charge < -0.3 is 10.2 Å². The smallest absolute Gasteiger partial charge is 0.226 e. The van der Waals surface area contributed by atoms with Crippen LogP contribution >= 0.6 is 0 Å². The highest BCUT2D eigenvalue weighted by Crippen LogP contribution is 2.56. The molecule has 0 aromatic heterocycles.